The van der Waals surface area contributed by atoms with Crippen molar-refractivity contribution in [2.24, 2.45) is 12.5 Å². The van der Waals surface area contributed by atoms with Crippen LogP contribution in [0, 0.1) is 12.3 Å². The minimum atomic E-state index is -0.789. The zero-order chi connectivity index (χ0) is 12.5. The molecule has 1 aromatic rings. The summed E-state index contributed by atoms with van der Waals surface area (Å²) in [6.07, 6.45) is 0.746. The van der Waals surface area contributed by atoms with Crippen LogP contribution in [0.15, 0.2) is 0 Å². The highest BCUT2D eigenvalue weighted by atomic mass is 35.5. The van der Waals surface area contributed by atoms with E-state index in [-0.39, 0.29) is 11.8 Å². The van der Waals surface area contributed by atoms with Crippen molar-refractivity contribution >= 4 is 17.6 Å². The van der Waals surface area contributed by atoms with Crippen LogP contribution in [-0.4, -0.2) is 20.9 Å². The lowest BCUT2D eigenvalue weighted by atomic mass is 9.83. The first-order valence-electron chi connectivity index (χ1n) is 5.13. The zero-order valence-corrected chi connectivity index (χ0v) is 10.8. The molecule has 0 bridgehead atoms. The number of carboxylic acids is 1. The van der Waals surface area contributed by atoms with Crippen molar-refractivity contribution in [3.8, 4) is 0 Å². The molecule has 0 aliphatic heterocycles. The molecule has 1 heterocycles. The average Bonchev–Trinajstić information content (AvgIpc) is 2.29. The first-order chi connectivity index (χ1) is 7.23. The van der Waals surface area contributed by atoms with Gasteiger partial charge >= 0.3 is 5.97 Å². The molecule has 1 aromatic heterocycles. The predicted octanol–water partition coefficient (Wildman–Crippen LogP) is 2.43. The number of nitrogens with zero attached hydrogens (tertiary/aromatic N) is 2. The summed E-state index contributed by atoms with van der Waals surface area (Å²) >= 11 is 6.11. The highest BCUT2D eigenvalue weighted by Gasteiger charge is 2.25. The summed E-state index contributed by atoms with van der Waals surface area (Å²) in [5.41, 5.74) is 1.49. The number of rotatable bonds is 4. The van der Waals surface area contributed by atoms with E-state index in [4.69, 9.17) is 16.7 Å². The Morgan fingerprint density at radius 2 is 2.12 bits per heavy atom. The molecule has 5 heteroatoms. The second-order valence-electron chi connectivity index (χ2n) is 4.89. The van der Waals surface area contributed by atoms with Crippen LogP contribution in [-0.2, 0) is 18.3 Å². The van der Waals surface area contributed by atoms with Crippen molar-refractivity contribution < 1.29 is 9.90 Å². The third-order valence-corrected chi connectivity index (χ3v) is 3.03. The van der Waals surface area contributed by atoms with Crippen molar-refractivity contribution in [1.29, 1.82) is 0 Å². The first-order valence-corrected chi connectivity index (χ1v) is 5.50. The first kappa shape index (κ1) is 13.0. The van der Waals surface area contributed by atoms with Crippen LogP contribution in [0.1, 0.15) is 31.5 Å². The molecule has 0 spiro atoms. The number of aliphatic carboxylic acids is 1. The van der Waals surface area contributed by atoms with Crippen LogP contribution in [0.3, 0.4) is 0 Å². The fourth-order valence-electron chi connectivity index (χ4n) is 1.83. The molecule has 0 fully saturated rings. The van der Waals surface area contributed by atoms with E-state index in [1.807, 2.05) is 20.8 Å². The topological polar surface area (TPSA) is 55.1 Å². The van der Waals surface area contributed by atoms with Gasteiger partial charge in [0.05, 0.1) is 12.1 Å². The van der Waals surface area contributed by atoms with Crippen molar-refractivity contribution in [1.82, 2.24) is 9.78 Å². The van der Waals surface area contributed by atoms with Crippen LogP contribution in [0.25, 0.3) is 0 Å². The Labute approximate surface area is 100 Å². The summed E-state index contributed by atoms with van der Waals surface area (Å²) in [6, 6.07) is 0. The summed E-state index contributed by atoms with van der Waals surface area (Å²) in [5, 5.41) is 13.6. The molecular formula is C11H17ClN2O2. The fraction of sp³-hybridized carbons (Fsp3) is 0.636. The van der Waals surface area contributed by atoms with E-state index in [1.54, 1.807) is 11.7 Å². The normalized spacial score (nSPS) is 11.8. The van der Waals surface area contributed by atoms with Crippen molar-refractivity contribution in [3.63, 3.8) is 0 Å². The molecule has 0 aromatic carbocycles. The van der Waals surface area contributed by atoms with Crippen LogP contribution in [0.2, 0.25) is 5.15 Å². The lowest BCUT2D eigenvalue weighted by Crippen LogP contribution is -2.20. The maximum absolute atomic E-state index is 10.7. The third-order valence-electron chi connectivity index (χ3n) is 2.55. The molecule has 90 valence electrons. The number of aryl methyl sites for hydroxylation is 2. The molecule has 4 nitrogen and oxygen atoms in total. The van der Waals surface area contributed by atoms with E-state index < -0.39 is 5.97 Å². The molecule has 0 aliphatic carbocycles. The predicted molar refractivity (Wildman–Crippen MR) is 62.7 cm³/mol. The Balaban J connectivity index is 2.91. The Bertz CT molecular complexity index is 410. The van der Waals surface area contributed by atoms with Crippen molar-refractivity contribution in [2.75, 3.05) is 0 Å². The summed E-state index contributed by atoms with van der Waals surface area (Å²) in [5.74, 6) is -0.789. The molecule has 0 atom stereocenters. The van der Waals surface area contributed by atoms with Crippen LogP contribution >= 0.6 is 11.6 Å². The SMILES string of the molecule is Cc1nn(C)c(Cl)c1CC(C)(C)CC(=O)O. The standard InChI is InChI=1S/C11H17ClN2O2/c1-7-8(10(12)14(4)13-7)5-11(2,3)6-9(15)16/h5-6H2,1-4H3,(H,15,16). The number of aromatic nitrogens is 2. The van der Waals surface area contributed by atoms with Gasteiger partial charge in [0.1, 0.15) is 5.15 Å². The van der Waals surface area contributed by atoms with Gasteiger partial charge in [-0.25, -0.2) is 0 Å². The van der Waals surface area contributed by atoms with Crippen LogP contribution in [0.5, 0.6) is 0 Å². The largest absolute Gasteiger partial charge is 0.481 e. The highest BCUT2D eigenvalue weighted by molar-refractivity contribution is 6.30. The van der Waals surface area contributed by atoms with Gasteiger partial charge in [-0.3, -0.25) is 9.48 Å². The smallest absolute Gasteiger partial charge is 0.303 e. The zero-order valence-electron chi connectivity index (χ0n) is 10.0. The van der Waals surface area contributed by atoms with Gasteiger partial charge in [0, 0.05) is 12.6 Å². The van der Waals surface area contributed by atoms with Gasteiger partial charge in [0.25, 0.3) is 0 Å². The minimum Gasteiger partial charge on any atom is -0.481 e. The van der Waals surface area contributed by atoms with E-state index >= 15 is 0 Å². The van der Waals surface area contributed by atoms with Crippen molar-refractivity contribution in [3.05, 3.63) is 16.4 Å². The molecule has 0 aliphatic rings. The second-order valence-corrected chi connectivity index (χ2v) is 5.25. The average molecular weight is 245 g/mol. The number of carbonyl (C=O) groups is 1. The van der Waals surface area contributed by atoms with Gasteiger partial charge in [-0.1, -0.05) is 25.4 Å². The Morgan fingerprint density at radius 1 is 1.56 bits per heavy atom. The van der Waals surface area contributed by atoms with E-state index in [1.165, 1.54) is 0 Å². The monoisotopic (exact) mass is 244 g/mol. The fourth-order valence-corrected chi connectivity index (χ4v) is 2.07. The van der Waals surface area contributed by atoms with E-state index in [2.05, 4.69) is 5.10 Å². The molecule has 0 saturated carbocycles. The number of hydrogen-bond acceptors (Lipinski definition) is 2. The van der Waals surface area contributed by atoms with Gasteiger partial charge in [-0.15, -0.1) is 0 Å². The molecule has 16 heavy (non-hydrogen) atoms. The summed E-state index contributed by atoms with van der Waals surface area (Å²) < 4.78 is 1.61. The maximum atomic E-state index is 10.7. The number of hydrogen-bond donors (Lipinski definition) is 1. The molecule has 1 rings (SSSR count). The Hall–Kier alpha value is -1.03. The molecule has 0 amide bonds. The van der Waals surface area contributed by atoms with Gasteiger partial charge in [-0.2, -0.15) is 5.10 Å². The lowest BCUT2D eigenvalue weighted by Gasteiger charge is -2.22. The van der Waals surface area contributed by atoms with Gasteiger partial charge in [-0.05, 0) is 18.8 Å². The van der Waals surface area contributed by atoms with E-state index in [0.717, 1.165) is 11.3 Å². The molecular weight excluding hydrogens is 228 g/mol. The Morgan fingerprint density at radius 3 is 2.50 bits per heavy atom. The van der Waals surface area contributed by atoms with Crippen LogP contribution in [0.4, 0.5) is 0 Å². The van der Waals surface area contributed by atoms with Crippen LogP contribution < -0.4 is 0 Å². The quantitative estimate of drug-likeness (QED) is 0.885. The lowest BCUT2D eigenvalue weighted by molar-refractivity contribution is -0.139. The summed E-state index contributed by atoms with van der Waals surface area (Å²) in [7, 11) is 1.78. The minimum absolute atomic E-state index is 0.123. The molecule has 0 radical (unpaired) electrons. The van der Waals surface area contributed by atoms with Gasteiger partial charge < -0.3 is 5.11 Å². The molecule has 0 unspecified atom stereocenters. The third kappa shape index (κ3) is 2.98. The second kappa shape index (κ2) is 4.45. The van der Waals surface area contributed by atoms with Gasteiger partial charge in [0.15, 0.2) is 0 Å². The molecule has 0 saturated heterocycles. The van der Waals surface area contributed by atoms with E-state index in [0.29, 0.717) is 11.6 Å². The van der Waals surface area contributed by atoms with Gasteiger partial charge in [0.2, 0.25) is 0 Å². The highest BCUT2D eigenvalue weighted by Crippen LogP contribution is 2.30. The van der Waals surface area contributed by atoms with E-state index in [9.17, 15) is 4.79 Å². The molecule has 1 N–H and O–H groups in total. The Kier molecular flexibility index (Phi) is 3.63. The van der Waals surface area contributed by atoms with Crippen molar-refractivity contribution in [2.45, 2.75) is 33.6 Å². The summed E-state index contributed by atoms with van der Waals surface area (Å²) in [4.78, 5) is 10.7. The number of halogens is 1. The number of carboxylic acid groups (broad SMARTS) is 1. The summed E-state index contributed by atoms with van der Waals surface area (Å²) in [6.45, 7) is 5.73. The maximum Gasteiger partial charge on any atom is 0.303 e.